The van der Waals surface area contributed by atoms with E-state index < -0.39 is 0 Å². The zero-order valence-corrected chi connectivity index (χ0v) is 14.6. The summed E-state index contributed by atoms with van der Waals surface area (Å²) in [5, 5.41) is 0. The molecule has 0 saturated heterocycles. The molecule has 1 saturated carbocycles. The topological polar surface area (TPSA) is 21.7 Å². The Morgan fingerprint density at radius 3 is 2.77 bits per heavy atom. The second-order valence-electron chi connectivity index (χ2n) is 6.67. The van der Waals surface area contributed by atoms with Gasteiger partial charge in [-0.3, -0.25) is 0 Å². The molecule has 0 aromatic heterocycles. The zero-order chi connectivity index (χ0) is 16.0. The predicted octanol–water partition coefficient (Wildman–Crippen LogP) is 4.07. The number of hydrogen-bond donors (Lipinski definition) is 0. The van der Waals surface area contributed by atoms with Gasteiger partial charge in [0.2, 0.25) is 0 Å². The van der Waals surface area contributed by atoms with Crippen molar-refractivity contribution >= 4 is 0 Å². The Morgan fingerprint density at radius 1 is 1.27 bits per heavy atom. The average molecular weight is 305 g/mol. The van der Waals surface area contributed by atoms with Crippen LogP contribution in [-0.2, 0) is 10.3 Å². The van der Waals surface area contributed by atoms with Gasteiger partial charge in [-0.1, -0.05) is 31.9 Å². The van der Waals surface area contributed by atoms with E-state index in [1.807, 2.05) is 6.07 Å². The highest BCUT2D eigenvalue weighted by Crippen LogP contribution is 2.46. The lowest BCUT2D eigenvalue weighted by Gasteiger charge is -2.45. The van der Waals surface area contributed by atoms with Gasteiger partial charge in [-0.25, -0.2) is 0 Å². The first kappa shape index (κ1) is 17.3. The summed E-state index contributed by atoms with van der Waals surface area (Å²) in [6.07, 6.45) is 5.95. The van der Waals surface area contributed by atoms with Crippen LogP contribution in [0.4, 0.5) is 0 Å². The normalized spacial score (nSPS) is 25.4. The van der Waals surface area contributed by atoms with Gasteiger partial charge in [0, 0.05) is 19.1 Å². The molecule has 0 spiro atoms. The number of methoxy groups -OCH3 is 1. The van der Waals surface area contributed by atoms with Gasteiger partial charge < -0.3 is 14.4 Å². The maximum atomic E-state index is 6.54. The molecule has 1 aliphatic carbocycles. The maximum Gasteiger partial charge on any atom is 0.119 e. The summed E-state index contributed by atoms with van der Waals surface area (Å²) in [5.74, 6) is 1.46. The van der Waals surface area contributed by atoms with Crippen molar-refractivity contribution < 1.29 is 9.47 Å². The molecule has 1 aliphatic rings. The van der Waals surface area contributed by atoms with Crippen LogP contribution in [0.3, 0.4) is 0 Å². The van der Waals surface area contributed by atoms with Crippen LogP contribution in [0.5, 0.6) is 5.75 Å². The molecule has 0 heterocycles. The largest absolute Gasteiger partial charge is 0.497 e. The quantitative estimate of drug-likeness (QED) is 0.758. The van der Waals surface area contributed by atoms with Gasteiger partial charge in [-0.2, -0.15) is 0 Å². The Kier molecular flexibility index (Phi) is 6.27. The average Bonchev–Trinajstić information content (AvgIpc) is 2.54. The van der Waals surface area contributed by atoms with Crippen molar-refractivity contribution in [3.05, 3.63) is 29.8 Å². The molecule has 0 radical (unpaired) electrons. The molecule has 1 fully saturated rings. The SMILES string of the molecule is CCCO[C@]1(c2cccc(OC)c2)CCCC[C@@H]1CN(C)C. The van der Waals surface area contributed by atoms with Crippen molar-refractivity contribution in [3.63, 3.8) is 0 Å². The first-order chi connectivity index (χ1) is 10.6. The minimum absolute atomic E-state index is 0.160. The summed E-state index contributed by atoms with van der Waals surface area (Å²) in [7, 11) is 6.05. The summed E-state index contributed by atoms with van der Waals surface area (Å²) in [4.78, 5) is 2.29. The standard InChI is InChI=1S/C19H31NO2/c1-5-13-22-19(16-10-8-11-18(14-16)21-4)12-7-6-9-17(19)15-20(2)3/h8,10-11,14,17H,5-7,9,12-13,15H2,1-4H3/t17-,19+/m1/s1. The van der Waals surface area contributed by atoms with Crippen LogP contribution < -0.4 is 4.74 Å². The van der Waals surface area contributed by atoms with Gasteiger partial charge in [-0.15, -0.1) is 0 Å². The van der Waals surface area contributed by atoms with Gasteiger partial charge in [0.05, 0.1) is 12.7 Å². The molecule has 1 aromatic rings. The fraction of sp³-hybridized carbons (Fsp3) is 0.684. The van der Waals surface area contributed by atoms with Crippen LogP contribution in [0.15, 0.2) is 24.3 Å². The van der Waals surface area contributed by atoms with E-state index in [1.54, 1.807) is 7.11 Å². The molecule has 0 aliphatic heterocycles. The van der Waals surface area contributed by atoms with E-state index >= 15 is 0 Å². The summed E-state index contributed by atoms with van der Waals surface area (Å²) in [6.45, 7) is 4.07. The third-order valence-corrected chi connectivity index (χ3v) is 4.72. The minimum atomic E-state index is -0.160. The summed E-state index contributed by atoms with van der Waals surface area (Å²) in [6, 6.07) is 8.49. The third-order valence-electron chi connectivity index (χ3n) is 4.72. The monoisotopic (exact) mass is 305 g/mol. The number of rotatable bonds is 7. The lowest BCUT2D eigenvalue weighted by molar-refractivity contribution is -0.120. The van der Waals surface area contributed by atoms with E-state index in [0.717, 1.165) is 31.7 Å². The van der Waals surface area contributed by atoms with Crippen molar-refractivity contribution in [2.75, 3.05) is 34.4 Å². The zero-order valence-electron chi connectivity index (χ0n) is 14.6. The smallest absolute Gasteiger partial charge is 0.119 e. The molecule has 124 valence electrons. The third kappa shape index (κ3) is 3.82. The molecule has 0 N–H and O–H groups in total. The van der Waals surface area contributed by atoms with Gasteiger partial charge >= 0.3 is 0 Å². The number of hydrogen-bond acceptors (Lipinski definition) is 3. The fourth-order valence-electron chi connectivity index (χ4n) is 3.72. The van der Waals surface area contributed by atoms with Crippen LogP contribution in [0.1, 0.15) is 44.6 Å². The second kappa shape index (κ2) is 7.98. The molecule has 2 rings (SSSR count). The lowest BCUT2D eigenvalue weighted by atomic mass is 9.71. The van der Waals surface area contributed by atoms with Crippen molar-refractivity contribution in [1.29, 1.82) is 0 Å². The number of ether oxygens (including phenoxy) is 2. The lowest BCUT2D eigenvalue weighted by Crippen LogP contribution is -2.45. The number of nitrogens with zero attached hydrogens (tertiary/aromatic N) is 1. The van der Waals surface area contributed by atoms with E-state index in [-0.39, 0.29) is 5.60 Å². The molecule has 1 aromatic carbocycles. The molecular formula is C19H31NO2. The highest BCUT2D eigenvalue weighted by atomic mass is 16.5. The first-order valence-electron chi connectivity index (χ1n) is 8.55. The predicted molar refractivity (Wildman–Crippen MR) is 91.4 cm³/mol. The summed E-state index contributed by atoms with van der Waals surface area (Å²) in [5.41, 5.74) is 1.12. The van der Waals surface area contributed by atoms with Gasteiger partial charge in [0.1, 0.15) is 5.75 Å². The van der Waals surface area contributed by atoms with Crippen LogP contribution in [0, 0.1) is 5.92 Å². The van der Waals surface area contributed by atoms with Crippen LogP contribution in [0.2, 0.25) is 0 Å². The Balaban J connectivity index is 2.38. The van der Waals surface area contributed by atoms with Crippen LogP contribution in [-0.4, -0.2) is 39.3 Å². The number of benzene rings is 1. The molecule has 2 atom stereocenters. The van der Waals surface area contributed by atoms with Crippen molar-refractivity contribution in [2.24, 2.45) is 5.92 Å². The molecule has 0 amide bonds. The fourth-order valence-corrected chi connectivity index (χ4v) is 3.72. The highest BCUT2D eigenvalue weighted by Gasteiger charge is 2.43. The van der Waals surface area contributed by atoms with Crippen molar-refractivity contribution in [2.45, 2.75) is 44.6 Å². The Hall–Kier alpha value is -1.06. The second-order valence-corrected chi connectivity index (χ2v) is 6.67. The maximum absolute atomic E-state index is 6.54. The molecule has 22 heavy (non-hydrogen) atoms. The van der Waals surface area contributed by atoms with Crippen LogP contribution in [0.25, 0.3) is 0 Å². The molecule has 3 heteroatoms. The first-order valence-corrected chi connectivity index (χ1v) is 8.55. The van der Waals surface area contributed by atoms with Gasteiger partial charge in [-0.05, 0) is 51.1 Å². The van der Waals surface area contributed by atoms with E-state index in [2.05, 4.69) is 44.1 Å². The molecular weight excluding hydrogens is 274 g/mol. The summed E-state index contributed by atoms with van der Waals surface area (Å²) < 4.78 is 12.0. The Bertz CT molecular complexity index is 461. The highest BCUT2D eigenvalue weighted by molar-refractivity contribution is 5.33. The van der Waals surface area contributed by atoms with Crippen molar-refractivity contribution in [1.82, 2.24) is 4.90 Å². The van der Waals surface area contributed by atoms with Gasteiger partial charge in [0.25, 0.3) is 0 Å². The Labute approximate surface area is 135 Å². The van der Waals surface area contributed by atoms with Crippen molar-refractivity contribution in [3.8, 4) is 5.75 Å². The van der Waals surface area contributed by atoms with E-state index in [1.165, 1.54) is 24.8 Å². The van der Waals surface area contributed by atoms with Crippen LogP contribution >= 0.6 is 0 Å². The van der Waals surface area contributed by atoms with E-state index in [4.69, 9.17) is 9.47 Å². The van der Waals surface area contributed by atoms with E-state index in [9.17, 15) is 0 Å². The Morgan fingerprint density at radius 2 is 2.09 bits per heavy atom. The molecule has 0 unspecified atom stereocenters. The van der Waals surface area contributed by atoms with E-state index in [0.29, 0.717) is 5.92 Å². The van der Waals surface area contributed by atoms with Gasteiger partial charge in [0.15, 0.2) is 0 Å². The molecule has 3 nitrogen and oxygen atoms in total. The molecule has 0 bridgehead atoms. The summed E-state index contributed by atoms with van der Waals surface area (Å²) >= 11 is 0. The minimum Gasteiger partial charge on any atom is -0.497 e.